The fourth-order valence-electron chi connectivity index (χ4n) is 2.93. The van der Waals surface area contributed by atoms with Crippen molar-refractivity contribution in [3.63, 3.8) is 0 Å². The molecule has 0 fully saturated rings. The van der Waals surface area contributed by atoms with Crippen LogP contribution in [0.2, 0.25) is 0 Å². The number of aryl methyl sites for hydroxylation is 3. The fourth-order valence-corrected chi connectivity index (χ4v) is 5.02. The zero-order chi connectivity index (χ0) is 13.8. The Morgan fingerprint density at radius 1 is 1.35 bits per heavy atom. The third-order valence-corrected chi connectivity index (χ3v) is 6.30. The molecule has 1 aliphatic carbocycles. The Morgan fingerprint density at radius 2 is 2.30 bits per heavy atom. The molecular formula is C17H23NS2. The van der Waals surface area contributed by atoms with Gasteiger partial charge in [-0.3, -0.25) is 0 Å². The molecule has 1 unspecified atom stereocenters. The van der Waals surface area contributed by atoms with E-state index in [9.17, 15) is 0 Å². The lowest BCUT2D eigenvalue weighted by Crippen LogP contribution is -2.21. The Balaban J connectivity index is 1.67. The first-order valence-electron chi connectivity index (χ1n) is 7.74. The van der Waals surface area contributed by atoms with E-state index < -0.39 is 0 Å². The van der Waals surface area contributed by atoms with Crippen molar-refractivity contribution in [2.24, 2.45) is 0 Å². The number of hydrogen-bond acceptors (Lipinski definition) is 3. The minimum absolute atomic E-state index is 0.549. The highest BCUT2D eigenvalue weighted by molar-refractivity contribution is 7.12. The van der Waals surface area contributed by atoms with Gasteiger partial charge < -0.3 is 5.32 Å². The van der Waals surface area contributed by atoms with E-state index in [1.807, 2.05) is 11.3 Å². The Labute approximate surface area is 130 Å². The zero-order valence-electron chi connectivity index (χ0n) is 12.2. The second-order valence-corrected chi connectivity index (χ2v) is 7.78. The Bertz CT molecular complexity index is 506. The highest BCUT2D eigenvalue weighted by atomic mass is 32.1. The third-order valence-electron chi connectivity index (χ3n) is 4.01. The molecule has 0 saturated carbocycles. The molecule has 1 nitrogen and oxygen atoms in total. The van der Waals surface area contributed by atoms with E-state index in [0.717, 1.165) is 6.54 Å². The summed E-state index contributed by atoms with van der Waals surface area (Å²) in [5.41, 5.74) is 1.63. The SMILES string of the molecule is CCCNC(CCc1cccs1)c1cc2c(s1)CCC2. The molecule has 0 radical (unpaired) electrons. The molecule has 108 valence electrons. The Kier molecular flexibility index (Phi) is 4.92. The molecule has 2 aromatic rings. The van der Waals surface area contributed by atoms with Gasteiger partial charge in [-0.05, 0) is 68.1 Å². The summed E-state index contributed by atoms with van der Waals surface area (Å²) in [6, 6.07) is 7.45. The predicted molar refractivity (Wildman–Crippen MR) is 90.0 cm³/mol. The van der Waals surface area contributed by atoms with Crippen molar-refractivity contribution in [3.05, 3.63) is 43.8 Å². The highest BCUT2D eigenvalue weighted by Crippen LogP contribution is 2.35. The first-order valence-corrected chi connectivity index (χ1v) is 9.43. The highest BCUT2D eigenvalue weighted by Gasteiger charge is 2.19. The summed E-state index contributed by atoms with van der Waals surface area (Å²) in [5.74, 6) is 0. The van der Waals surface area contributed by atoms with E-state index in [0.29, 0.717) is 6.04 Å². The van der Waals surface area contributed by atoms with Crippen LogP contribution in [0.25, 0.3) is 0 Å². The van der Waals surface area contributed by atoms with Gasteiger partial charge in [-0.25, -0.2) is 0 Å². The van der Waals surface area contributed by atoms with Crippen LogP contribution in [0.4, 0.5) is 0 Å². The second kappa shape index (κ2) is 6.88. The molecule has 20 heavy (non-hydrogen) atoms. The van der Waals surface area contributed by atoms with E-state index in [4.69, 9.17) is 0 Å². The van der Waals surface area contributed by atoms with Crippen LogP contribution in [0.5, 0.6) is 0 Å². The van der Waals surface area contributed by atoms with Crippen molar-refractivity contribution in [1.29, 1.82) is 0 Å². The average Bonchev–Trinajstić information content (AvgIpc) is 3.15. The van der Waals surface area contributed by atoms with Crippen molar-refractivity contribution in [2.75, 3.05) is 6.54 Å². The van der Waals surface area contributed by atoms with Crippen molar-refractivity contribution in [1.82, 2.24) is 5.32 Å². The summed E-state index contributed by atoms with van der Waals surface area (Å²) < 4.78 is 0. The van der Waals surface area contributed by atoms with Gasteiger partial charge in [-0.2, -0.15) is 0 Å². The molecular weight excluding hydrogens is 282 g/mol. The molecule has 0 aliphatic heterocycles. The van der Waals surface area contributed by atoms with E-state index in [1.54, 1.807) is 15.3 Å². The largest absolute Gasteiger partial charge is 0.309 e. The van der Waals surface area contributed by atoms with Crippen LogP contribution in [-0.4, -0.2) is 6.54 Å². The smallest absolute Gasteiger partial charge is 0.0418 e. The molecule has 1 aliphatic rings. The molecule has 0 aromatic carbocycles. The van der Waals surface area contributed by atoms with E-state index in [1.165, 1.54) is 43.4 Å². The van der Waals surface area contributed by atoms with Crippen molar-refractivity contribution in [2.45, 2.75) is 51.5 Å². The molecule has 2 aromatic heterocycles. The van der Waals surface area contributed by atoms with Crippen LogP contribution < -0.4 is 5.32 Å². The minimum atomic E-state index is 0.549. The number of hydrogen-bond donors (Lipinski definition) is 1. The molecule has 0 saturated heterocycles. The summed E-state index contributed by atoms with van der Waals surface area (Å²) in [4.78, 5) is 4.73. The van der Waals surface area contributed by atoms with Gasteiger partial charge >= 0.3 is 0 Å². The van der Waals surface area contributed by atoms with E-state index in [-0.39, 0.29) is 0 Å². The second-order valence-electron chi connectivity index (χ2n) is 5.58. The van der Waals surface area contributed by atoms with Gasteiger partial charge in [0.25, 0.3) is 0 Å². The molecule has 1 atom stereocenters. The molecule has 3 heteroatoms. The number of rotatable bonds is 7. The maximum atomic E-state index is 3.75. The van der Waals surface area contributed by atoms with Crippen LogP contribution in [0.1, 0.15) is 52.4 Å². The monoisotopic (exact) mass is 305 g/mol. The number of fused-ring (bicyclic) bond motifs is 1. The van der Waals surface area contributed by atoms with Crippen molar-refractivity contribution in [3.8, 4) is 0 Å². The molecule has 0 amide bonds. The van der Waals surface area contributed by atoms with Gasteiger partial charge in [0, 0.05) is 20.7 Å². The summed E-state index contributed by atoms with van der Waals surface area (Å²) in [6.07, 6.45) is 7.61. The minimum Gasteiger partial charge on any atom is -0.309 e. The first-order chi connectivity index (χ1) is 9.86. The molecule has 2 heterocycles. The number of thiophene rings is 2. The molecule has 3 rings (SSSR count). The lowest BCUT2D eigenvalue weighted by molar-refractivity contribution is 0.507. The van der Waals surface area contributed by atoms with Crippen molar-refractivity contribution >= 4 is 22.7 Å². The lowest BCUT2D eigenvalue weighted by Gasteiger charge is -2.17. The zero-order valence-corrected chi connectivity index (χ0v) is 13.8. The standard InChI is InChI=1S/C17H23NS2/c1-2-10-18-15(9-8-14-6-4-11-19-14)17-12-13-5-3-7-16(13)20-17/h4,6,11-12,15,18H,2-3,5,7-10H2,1H3. The van der Waals surface area contributed by atoms with Crippen LogP contribution in [0.15, 0.2) is 23.6 Å². The summed E-state index contributed by atoms with van der Waals surface area (Å²) in [7, 11) is 0. The van der Waals surface area contributed by atoms with Gasteiger partial charge in [-0.15, -0.1) is 22.7 Å². The maximum absolute atomic E-state index is 3.75. The van der Waals surface area contributed by atoms with Gasteiger partial charge in [0.05, 0.1) is 0 Å². The Morgan fingerprint density at radius 3 is 3.05 bits per heavy atom. The van der Waals surface area contributed by atoms with Crippen LogP contribution >= 0.6 is 22.7 Å². The maximum Gasteiger partial charge on any atom is 0.0418 e. The summed E-state index contributed by atoms with van der Waals surface area (Å²) in [6.45, 7) is 3.37. The summed E-state index contributed by atoms with van der Waals surface area (Å²) >= 11 is 3.94. The fraction of sp³-hybridized carbons (Fsp3) is 0.529. The van der Waals surface area contributed by atoms with Gasteiger partial charge in [0.15, 0.2) is 0 Å². The quantitative estimate of drug-likeness (QED) is 0.761. The topological polar surface area (TPSA) is 12.0 Å². The van der Waals surface area contributed by atoms with Crippen LogP contribution in [0, 0.1) is 0 Å². The number of nitrogens with one attached hydrogen (secondary N) is 1. The van der Waals surface area contributed by atoms with Gasteiger partial charge in [0.1, 0.15) is 0 Å². The normalized spacial score (nSPS) is 15.4. The molecule has 0 spiro atoms. The van der Waals surface area contributed by atoms with Gasteiger partial charge in [0.2, 0.25) is 0 Å². The Hall–Kier alpha value is -0.640. The molecule has 1 N–H and O–H groups in total. The van der Waals surface area contributed by atoms with Crippen LogP contribution in [0.3, 0.4) is 0 Å². The predicted octanol–water partition coefficient (Wildman–Crippen LogP) is 4.97. The van der Waals surface area contributed by atoms with E-state index in [2.05, 4.69) is 47.2 Å². The van der Waals surface area contributed by atoms with Crippen molar-refractivity contribution < 1.29 is 0 Å². The van der Waals surface area contributed by atoms with Crippen LogP contribution in [-0.2, 0) is 19.3 Å². The lowest BCUT2D eigenvalue weighted by atomic mass is 10.1. The summed E-state index contributed by atoms with van der Waals surface area (Å²) in [5, 5.41) is 5.94. The molecule has 0 bridgehead atoms. The first kappa shape index (κ1) is 14.3. The third kappa shape index (κ3) is 3.33. The van der Waals surface area contributed by atoms with Gasteiger partial charge in [-0.1, -0.05) is 13.0 Å². The average molecular weight is 306 g/mol. The van der Waals surface area contributed by atoms with E-state index >= 15 is 0 Å².